The molecule has 1 atom stereocenters. The number of hydrogen-bond acceptors (Lipinski definition) is 7. The monoisotopic (exact) mass is 479 g/mol. The minimum atomic E-state index is -3.85. The molecule has 33 heavy (non-hydrogen) atoms. The van der Waals surface area contributed by atoms with Crippen LogP contribution in [0, 0.1) is 11.8 Å². The first kappa shape index (κ1) is 23.5. The van der Waals surface area contributed by atoms with Crippen molar-refractivity contribution < 1.29 is 27.2 Å². The van der Waals surface area contributed by atoms with Crippen molar-refractivity contribution in [3.63, 3.8) is 0 Å². The van der Waals surface area contributed by atoms with Crippen molar-refractivity contribution in [3.05, 3.63) is 28.7 Å². The highest BCUT2D eigenvalue weighted by Gasteiger charge is 2.37. The van der Waals surface area contributed by atoms with Crippen molar-refractivity contribution in [2.75, 3.05) is 32.8 Å². The fraction of sp³-hybridized carbons (Fsp3) is 0.591. The topological polar surface area (TPSA) is 119 Å². The molecule has 10 nitrogen and oxygen atoms in total. The molecule has 0 spiro atoms. The Bertz CT molecular complexity index is 1210. The molecule has 11 heteroatoms. The Hall–Kier alpha value is -2.66. The number of oxazole rings is 1. The fourth-order valence-electron chi connectivity index (χ4n) is 4.64. The van der Waals surface area contributed by atoms with Crippen LogP contribution in [0.25, 0.3) is 11.1 Å². The molecule has 2 aliphatic rings. The van der Waals surface area contributed by atoms with Gasteiger partial charge < -0.3 is 14.1 Å². The average Bonchev–Trinajstić information content (AvgIpc) is 3.11. The summed E-state index contributed by atoms with van der Waals surface area (Å²) in [4.78, 5) is 38.6. The van der Waals surface area contributed by atoms with Crippen LogP contribution in [0.5, 0.6) is 0 Å². The van der Waals surface area contributed by atoms with Crippen molar-refractivity contribution in [1.29, 1.82) is 0 Å². The number of esters is 1. The van der Waals surface area contributed by atoms with Gasteiger partial charge >= 0.3 is 11.7 Å². The molecule has 2 aliphatic heterocycles. The smallest absolute Gasteiger partial charge is 0.419 e. The van der Waals surface area contributed by atoms with Crippen LogP contribution in [-0.4, -0.2) is 66.9 Å². The summed E-state index contributed by atoms with van der Waals surface area (Å²) < 4.78 is 39.4. The lowest BCUT2D eigenvalue weighted by atomic mass is 9.93. The molecular weight excluding hydrogens is 450 g/mol. The number of rotatable bonds is 5. The van der Waals surface area contributed by atoms with Gasteiger partial charge in [0.15, 0.2) is 5.58 Å². The van der Waals surface area contributed by atoms with E-state index in [1.54, 1.807) is 24.9 Å². The van der Waals surface area contributed by atoms with E-state index in [9.17, 15) is 22.8 Å². The number of ether oxygens (including phenoxy) is 1. The molecule has 2 fully saturated rings. The molecule has 1 aromatic carbocycles. The van der Waals surface area contributed by atoms with Crippen molar-refractivity contribution in [1.82, 2.24) is 13.8 Å². The molecule has 2 aromatic rings. The van der Waals surface area contributed by atoms with E-state index in [1.165, 1.54) is 21.0 Å². The van der Waals surface area contributed by atoms with Gasteiger partial charge in [-0.3, -0.25) is 14.2 Å². The molecule has 0 aliphatic carbocycles. The molecule has 4 rings (SSSR count). The number of carbonyl (C=O) groups excluding carboxylic acids is 2. The van der Waals surface area contributed by atoms with E-state index in [0.29, 0.717) is 57.4 Å². The molecule has 1 aromatic heterocycles. The molecule has 3 heterocycles. The predicted octanol–water partition coefficient (Wildman–Crippen LogP) is 1.33. The van der Waals surface area contributed by atoms with Crippen LogP contribution in [0.1, 0.15) is 32.6 Å². The van der Waals surface area contributed by atoms with Crippen LogP contribution in [0.4, 0.5) is 0 Å². The zero-order chi connectivity index (χ0) is 23.8. The summed E-state index contributed by atoms with van der Waals surface area (Å²) >= 11 is 0. The van der Waals surface area contributed by atoms with Gasteiger partial charge in [0.1, 0.15) is 0 Å². The Morgan fingerprint density at radius 2 is 1.85 bits per heavy atom. The normalized spacial score (nSPS) is 20.8. The summed E-state index contributed by atoms with van der Waals surface area (Å²) in [5.41, 5.74) is 0.717. The second-order valence-electron chi connectivity index (χ2n) is 8.61. The number of likely N-dealkylation sites (tertiary alicyclic amines) is 1. The molecule has 180 valence electrons. The summed E-state index contributed by atoms with van der Waals surface area (Å²) in [6, 6.07) is 4.36. The van der Waals surface area contributed by atoms with Crippen LogP contribution >= 0.6 is 0 Å². The van der Waals surface area contributed by atoms with Gasteiger partial charge in [-0.2, -0.15) is 4.31 Å². The van der Waals surface area contributed by atoms with Gasteiger partial charge in [-0.1, -0.05) is 0 Å². The largest absolute Gasteiger partial charge is 0.466 e. The number of amides is 1. The summed E-state index contributed by atoms with van der Waals surface area (Å²) in [7, 11) is -2.30. The Morgan fingerprint density at radius 3 is 2.55 bits per heavy atom. The third-order valence-corrected chi connectivity index (χ3v) is 8.42. The maximum atomic E-state index is 13.3. The van der Waals surface area contributed by atoms with Gasteiger partial charge in [0.2, 0.25) is 15.9 Å². The Labute approximate surface area is 192 Å². The zero-order valence-corrected chi connectivity index (χ0v) is 19.7. The number of carbonyl (C=O) groups is 2. The van der Waals surface area contributed by atoms with Crippen molar-refractivity contribution in [2.45, 2.75) is 37.5 Å². The SMILES string of the molecule is CCOC(=O)C1CCN(C(=O)[C@@H]2CCCN(S(=O)(=O)c3ccc4c(c3)oc(=O)n4C)C2)CC1. The van der Waals surface area contributed by atoms with Crippen molar-refractivity contribution in [2.24, 2.45) is 18.9 Å². The Kier molecular flexibility index (Phi) is 6.62. The van der Waals surface area contributed by atoms with Crippen LogP contribution < -0.4 is 5.76 Å². The van der Waals surface area contributed by atoms with Gasteiger partial charge in [0.05, 0.1) is 28.9 Å². The third-order valence-electron chi connectivity index (χ3n) is 6.56. The van der Waals surface area contributed by atoms with E-state index in [4.69, 9.17) is 9.15 Å². The average molecular weight is 480 g/mol. The Morgan fingerprint density at radius 1 is 1.12 bits per heavy atom. The number of sulfonamides is 1. The quantitative estimate of drug-likeness (QED) is 0.594. The first-order valence-electron chi connectivity index (χ1n) is 11.3. The van der Waals surface area contributed by atoms with Crippen LogP contribution in [0.3, 0.4) is 0 Å². The lowest BCUT2D eigenvalue weighted by Gasteiger charge is -2.37. The molecule has 2 saturated heterocycles. The van der Waals surface area contributed by atoms with E-state index < -0.39 is 21.7 Å². The fourth-order valence-corrected chi connectivity index (χ4v) is 6.18. The summed E-state index contributed by atoms with van der Waals surface area (Å²) in [5, 5.41) is 0. The predicted molar refractivity (Wildman–Crippen MR) is 119 cm³/mol. The second kappa shape index (κ2) is 9.30. The number of piperidine rings is 2. The molecule has 0 saturated carbocycles. The number of nitrogens with zero attached hydrogens (tertiary/aromatic N) is 3. The molecule has 0 unspecified atom stereocenters. The summed E-state index contributed by atoms with van der Waals surface area (Å²) in [5.74, 6) is -1.46. The maximum Gasteiger partial charge on any atom is 0.419 e. The number of hydrogen-bond donors (Lipinski definition) is 0. The molecule has 0 bridgehead atoms. The maximum absolute atomic E-state index is 13.3. The summed E-state index contributed by atoms with van der Waals surface area (Å²) in [6.07, 6.45) is 2.32. The highest BCUT2D eigenvalue weighted by atomic mass is 32.2. The molecule has 1 amide bonds. The van der Waals surface area contributed by atoms with E-state index in [1.807, 2.05) is 0 Å². The zero-order valence-electron chi connectivity index (χ0n) is 18.9. The van der Waals surface area contributed by atoms with Gasteiger partial charge in [0, 0.05) is 39.3 Å². The van der Waals surface area contributed by atoms with Crippen LogP contribution in [0.15, 0.2) is 32.3 Å². The highest BCUT2D eigenvalue weighted by Crippen LogP contribution is 2.28. The number of fused-ring (bicyclic) bond motifs is 1. The first-order valence-corrected chi connectivity index (χ1v) is 12.7. The first-order chi connectivity index (χ1) is 15.7. The van der Waals surface area contributed by atoms with E-state index >= 15 is 0 Å². The minimum Gasteiger partial charge on any atom is -0.466 e. The van der Waals surface area contributed by atoms with Gasteiger partial charge in [-0.25, -0.2) is 13.2 Å². The van der Waals surface area contributed by atoms with Gasteiger partial charge in [-0.05, 0) is 44.7 Å². The van der Waals surface area contributed by atoms with E-state index in [2.05, 4.69) is 0 Å². The lowest BCUT2D eigenvalue weighted by Crippen LogP contribution is -2.49. The van der Waals surface area contributed by atoms with Crippen molar-refractivity contribution >= 4 is 33.0 Å². The molecular formula is C22H29N3O7S. The second-order valence-corrected chi connectivity index (χ2v) is 10.5. The highest BCUT2D eigenvalue weighted by molar-refractivity contribution is 7.89. The number of aryl methyl sites for hydroxylation is 1. The number of aromatic nitrogens is 1. The lowest BCUT2D eigenvalue weighted by molar-refractivity contribution is -0.152. The molecule has 0 N–H and O–H groups in total. The number of benzene rings is 1. The standard InChI is InChI=1S/C22H29N3O7S/c1-3-31-21(27)15-8-11-24(12-9-15)20(26)16-5-4-10-25(14-16)33(29,30)17-6-7-18-19(13-17)32-22(28)23(18)2/h6-7,13,15-16H,3-5,8-12,14H2,1-2H3/t16-/m1/s1. The summed E-state index contributed by atoms with van der Waals surface area (Å²) in [6.45, 7) is 3.48. The van der Waals surface area contributed by atoms with E-state index in [0.717, 1.165) is 0 Å². The van der Waals surface area contributed by atoms with Crippen LogP contribution in [-0.2, 0) is 31.4 Å². The van der Waals surface area contributed by atoms with Crippen LogP contribution in [0.2, 0.25) is 0 Å². The third kappa shape index (κ3) is 4.56. The Balaban J connectivity index is 1.44. The van der Waals surface area contributed by atoms with Gasteiger partial charge in [0.25, 0.3) is 0 Å². The van der Waals surface area contributed by atoms with E-state index in [-0.39, 0.29) is 34.8 Å². The minimum absolute atomic E-state index is 0.0349. The van der Waals surface area contributed by atoms with Crippen molar-refractivity contribution in [3.8, 4) is 0 Å². The molecule has 0 radical (unpaired) electrons. The van der Waals surface area contributed by atoms with Gasteiger partial charge in [-0.15, -0.1) is 0 Å².